The Labute approximate surface area is 645 Å². The highest BCUT2D eigenvalue weighted by molar-refractivity contribution is 5.89. The topological polar surface area (TPSA) is 680 Å². The second-order valence-corrected chi connectivity index (χ2v) is 27.2. The molecule has 12 rings (SSSR count). The third kappa shape index (κ3) is 18.3. The minimum absolute atomic E-state index is 0.0209. The molecule has 5 aromatic carbocycles. The second-order valence-electron chi connectivity index (χ2n) is 27.2. The highest BCUT2D eigenvalue weighted by Crippen LogP contribution is 2.49. The number of aliphatic hydroxyl groups excluding tert-OH is 17. The first-order valence-electron chi connectivity index (χ1n) is 35.2. The van der Waals surface area contributed by atoms with Gasteiger partial charge >= 0.3 is 17.9 Å². The molecule has 624 valence electrons. The standard InChI is InChI=1S/C73H80O42/c74-20-40-50(85)56(91)61(96)70(110-40)106-31-16-34(78)48-38(18-31)108-67(68(55(48)90)115-73-65(100)57(92)51(86)41(21-75)111-73)26-4-8-29(9-5-26)104-69-62(97)58(93)52(87)42(112-69)22-102-46(82)11-12-47(83)103-23-43-53(88)59(94)63(98)71(113-43)105-30-15-33(77)32-19-39(66(107-37(32)17-30)27-13-35(79)49(84)36(80)14-27)109-72-64(99)60(95)54(89)44(114-72)24-101-45(81)10-3-25-1-6-28(76)7-2-25/h1-10,13-19,40-44,50-54,56-66,69-80,84-89,91-100H,11-12,20-24H2/p+1. The first-order chi connectivity index (χ1) is 54.7. The van der Waals surface area contributed by atoms with Crippen LogP contribution in [0.1, 0.15) is 35.6 Å². The summed E-state index contributed by atoms with van der Waals surface area (Å²) in [6, 6.07) is 16.5. The number of hydrogen-bond acceptors (Lipinski definition) is 41. The van der Waals surface area contributed by atoms with Crippen molar-refractivity contribution in [1.29, 1.82) is 0 Å². The molecule has 26 unspecified atom stereocenters. The van der Waals surface area contributed by atoms with Crippen LogP contribution in [0.25, 0.3) is 34.4 Å². The fourth-order valence-electron chi connectivity index (χ4n) is 12.9. The summed E-state index contributed by atoms with van der Waals surface area (Å²) >= 11 is 0. The van der Waals surface area contributed by atoms with E-state index in [4.69, 9.17) is 66.0 Å². The Hall–Kier alpha value is -10.1. The van der Waals surface area contributed by atoms with E-state index in [-0.39, 0.29) is 51.2 Å². The Bertz CT molecular complexity index is 4530. The number of hydrogen-bond donors (Lipinski definition) is 23. The molecule has 42 heteroatoms. The van der Waals surface area contributed by atoms with E-state index >= 15 is 0 Å². The number of ether oxygens (including phenoxy) is 14. The molecule has 0 aliphatic carbocycles. The number of esters is 3. The van der Waals surface area contributed by atoms with Gasteiger partial charge in [-0.2, -0.15) is 0 Å². The Morgan fingerprint density at radius 1 is 0.435 bits per heavy atom. The Morgan fingerprint density at radius 2 is 0.861 bits per heavy atom. The third-order valence-corrected chi connectivity index (χ3v) is 19.4. The Balaban J connectivity index is 0.664. The van der Waals surface area contributed by atoms with Gasteiger partial charge in [0.25, 0.3) is 11.9 Å². The molecule has 115 heavy (non-hydrogen) atoms. The molecule has 5 fully saturated rings. The lowest BCUT2D eigenvalue weighted by Crippen LogP contribution is -2.60. The number of carbonyl (C=O) groups is 3. The molecule has 0 spiro atoms. The molecule has 6 aliphatic heterocycles. The van der Waals surface area contributed by atoms with E-state index in [0.29, 0.717) is 5.56 Å². The molecule has 1 aromatic heterocycles. The maximum Gasteiger partial charge on any atom is 0.330 e. The van der Waals surface area contributed by atoms with Gasteiger partial charge < -0.3 is 188 Å². The van der Waals surface area contributed by atoms with Crippen LogP contribution in [-0.2, 0) is 57.0 Å². The number of aromatic hydroxyl groups is 7. The van der Waals surface area contributed by atoms with Gasteiger partial charge in [0, 0.05) is 35.9 Å². The molecule has 0 saturated carbocycles. The van der Waals surface area contributed by atoms with Crippen LogP contribution >= 0.6 is 0 Å². The summed E-state index contributed by atoms with van der Waals surface area (Å²) in [6.45, 7) is -4.14. The van der Waals surface area contributed by atoms with Crippen LogP contribution in [0, 0.1) is 0 Å². The molecule has 0 amide bonds. The van der Waals surface area contributed by atoms with E-state index in [9.17, 15) is 137 Å². The van der Waals surface area contributed by atoms with Crippen molar-refractivity contribution in [3.8, 4) is 74.6 Å². The number of carbonyl (C=O) groups excluding carboxylic acids is 3. The van der Waals surface area contributed by atoms with Crippen molar-refractivity contribution in [3.05, 3.63) is 124 Å². The van der Waals surface area contributed by atoms with E-state index in [1.54, 1.807) is 0 Å². The summed E-state index contributed by atoms with van der Waals surface area (Å²) in [7, 11) is 0. The van der Waals surface area contributed by atoms with Gasteiger partial charge in [0.2, 0.25) is 42.6 Å². The summed E-state index contributed by atoms with van der Waals surface area (Å²) < 4.78 is 83.5. The number of phenols is 6. The zero-order valence-corrected chi connectivity index (χ0v) is 59.4. The maximum absolute atomic E-state index is 14.4. The number of benzene rings is 5. The zero-order valence-electron chi connectivity index (χ0n) is 59.4. The molecule has 7 heterocycles. The average molecular weight is 1630 g/mol. The van der Waals surface area contributed by atoms with Gasteiger partial charge in [0.15, 0.2) is 28.8 Å². The van der Waals surface area contributed by atoms with Gasteiger partial charge in [-0.25, -0.2) is 4.79 Å². The van der Waals surface area contributed by atoms with Crippen molar-refractivity contribution in [2.24, 2.45) is 0 Å². The summed E-state index contributed by atoms with van der Waals surface area (Å²) in [5.41, 5.74) is -1.48. The Kier molecular flexibility index (Phi) is 26.1. The van der Waals surface area contributed by atoms with E-state index in [1.807, 2.05) is 0 Å². The van der Waals surface area contributed by atoms with Gasteiger partial charge in [-0.15, -0.1) is 0 Å². The van der Waals surface area contributed by atoms with Crippen LogP contribution < -0.4 is 24.4 Å². The van der Waals surface area contributed by atoms with Gasteiger partial charge in [0.05, 0.1) is 37.7 Å². The number of aliphatic hydroxyl groups is 18. The fourth-order valence-corrected chi connectivity index (χ4v) is 12.9. The number of rotatable bonds is 25. The largest absolute Gasteiger partial charge is 0.571 e. The normalized spacial score (nSPS) is 32.7. The second kappa shape index (κ2) is 35.6. The SMILES string of the molecule is O=C(C=Cc1ccc(O)cc1)OCC1OC(OC2=Cc3c(O)cc(OC4OC(COC(=O)CCC(=O)OCC5OC(Oc6ccc(-c7oc8cc(OC9OC(CO)C(O)C(O)C9O)cc(O)c8c(=O)c7OC7OC(CO)C(O)C(O)C7O)cc6)C(O)C(O)C5O)C(O)C(O)C4O)cc3[OH+]C2c2cc(O)c(O)c(O)c2)C(O)C(O)C1O. The fraction of sp³-hybridized carbons (Fsp3) is 0.452. The molecule has 26 atom stereocenters. The van der Waals surface area contributed by atoms with Gasteiger partial charge in [-0.3, -0.25) is 14.4 Å². The van der Waals surface area contributed by atoms with Crippen LogP contribution in [0.2, 0.25) is 0 Å². The van der Waals surface area contributed by atoms with E-state index in [1.165, 1.54) is 54.6 Å². The summed E-state index contributed by atoms with van der Waals surface area (Å²) in [6.07, 6.45) is -46.2. The van der Waals surface area contributed by atoms with Crippen LogP contribution in [0.3, 0.4) is 0 Å². The molecular weight excluding hydrogens is 1550 g/mol. The molecule has 24 N–H and O–H groups in total. The van der Waals surface area contributed by atoms with Gasteiger partial charge in [-0.05, 0) is 60.2 Å². The molecular formula is C73H81O42+. The molecule has 6 aliphatic rings. The van der Waals surface area contributed by atoms with E-state index < -0.39 is 280 Å². The monoisotopic (exact) mass is 1630 g/mol. The smallest absolute Gasteiger partial charge is 0.330 e. The lowest BCUT2D eigenvalue weighted by atomic mass is 9.98. The highest BCUT2D eigenvalue weighted by atomic mass is 16.7. The van der Waals surface area contributed by atoms with E-state index in [2.05, 4.69) is 4.74 Å². The minimum Gasteiger partial charge on any atom is -0.571 e. The predicted octanol–water partition coefficient (Wildman–Crippen LogP) is -5.59. The lowest BCUT2D eigenvalue weighted by Gasteiger charge is -2.40. The summed E-state index contributed by atoms with van der Waals surface area (Å²) in [5, 5.41) is 244. The van der Waals surface area contributed by atoms with Crippen LogP contribution in [0.5, 0.6) is 63.2 Å². The third-order valence-electron chi connectivity index (χ3n) is 19.4. The van der Waals surface area contributed by atoms with Crippen LogP contribution in [0.15, 0.2) is 106 Å². The van der Waals surface area contributed by atoms with Gasteiger partial charge in [-0.1, -0.05) is 12.1 Å². The first kappa shape index (κ1) is 84.3. The minimum atomic E-state index is -2.08. The van der Waals surface area contributed by atoms with Crippen molar-refractivity contribution in [2.75, 3.05) is 33.0 Å². The molecule has 6 aromatic rings. The molecule has 5 saturated heterocycles. The highest BCUT2D eigenvalue weighted by Gasteiger charge is 2.52. The van der Waals surface area contributed by atoms with E-state index in [0.717, 1.165) is 48.6 Å². The Morgan fingerprint density at radius 3 is 1.35 bits per heavy atom. The quantitative estimate of drug-likeness (QED) is 0.00835. The summed E-state index contributed by atoms with van der Waals surface area (Å²) in [4.78, 5) is 53.2. The molecule has 42 nitrogen and oxygen atoms in total. The molecule has 0 bridgehead atoms. The zero-order chi connectivity index (χ0) is 82.9. The van der Waals surface area contributed by atoms with Gasteiger partial charge in [0.1, 0.15) is 193 Å². The lowest BCUT2D eigenvalue weighted by molar-refractivity contribution is -0.296. The van der Waals surface area contributed by atoms with Crippen LogP contribution in [-0.4, -0.2) is 327 Å². The van der Waals surface area contributed by atoms with Crippen molar-refractivity contribution < 1.29 is 203 Å². The maximum atomic E-state index is 14.4. The van der Waals surface area contributed by atoms with Crippen molar-refractivity contribution in [3.63, 3.8) is 0 Å². The first-order valence-corrected chi connectivity index (χ1v) is 35.2. The molecule has 0 radical (unpaired) electrons. The van der Waals surface area contributed by atoms with Crippen molar-refractivity contribution >= 4 is 41.0 Å². The number of phenolic OH excluding ortho intramolecular Hbond substituents is 6. The number of fused-ring (bicyclic) bond motifs is 2. The van der Waals surface area contributed by atoms with Crippen molar-refractivity contribution in [2.45, 2.75) is 172 Å². The average Bonchev–Trinajstić information content (AvgIpc) is 0.750. The van der Waals surface area contributed by atoms with Crippen molar-refractivity contribution in [1.82, 2.24) is 0 Å². The predicted molar refractivity (Wildman–Crippen MR) is 372 cm³/mol. The summed E-state index contributed by atoms with van der Waals surface area (Å²) in [5.74, 6) is -10.1. The van der Waals surface area contributed by atoms with Crippen LogP contribution in [0.4, 0.5) is 0 Å².